The summed E-state index contributed by atoms with van der Waals surface area (Å²) in [4.78, 5) is 13.5. The molecule has 1 fully saturated rings. The van der Waals surface area contributed by atoms with Crippen molar-refractivity contribution in [1.29, 1.82) is 0 Å². The Bertz CT molecular complexity index is 693. The molecule has 6 nitrogen and oxygen atoms in total. The molecule has 1 aliphatic heterocycles. The Kier molecular flexibility index (Phi) is 5.83. The van der Waals surface area contributed by atoms with E-state index in [1.807, 2.05) is 13.0 Å². The van der Waals surface area contributed by atoms with Crippen molar-refractivity contribution in [3.63, 3.8) is 0 Å². The van der Waals surface area contributed by atoms with Crippen LogP contribution in [0.1, 0.15) is 25.2 Å². The summed E-state index contributed by atoms with van der Waals surface area (Å²) >= 11 is 0. The van der Waals surface area contributed by atoms with E-state index in [2.05, 4.69) is 44.9 Å². The molecular weight excluding hydrogens is 314 g/mol. The number of rotatable bonds is 6. The molecule has 2 N–H and O–H groups in total. The number of hydrogen-bond donors (Lipinski definition) is 1. The number of nitrogens with zero attached hydrogens (tertiary/aromatic N) is 4. The fraction of sp³-hybridized carbons (Fsp3) is 0.474. The van der Waals surface area contributed by atoms with Crippen molar-refractivity contribution in [3.05, 3.63) is 47.9 Å². The van der Waals surface area contributed by atoms with Gasteiger partial charge in [-0.05, 0) is 26.0 Å². The maximum Gasteiger partial charge on any atom is 0.144 e. The minimum Gasteiger partial charge on any atom is -0.494 e. The summed E-state index contributed by atoms with van der Waals surface area (Å²) in [7, 11) is 0. The number of aromatic nitrogens is 2. The summed E-state index contributed by atoms with van der Waals surface area (Å²) in [5, 5.41) is 0. The van der Waals surface area contributed by atoms with Gasteiger partial charge in [0.25, 0.3) is 0 Å². The van der Waals surface area contributed by atoms with Gasteiger partial charge < -0.3 is 10.5 Å². The van der Waals surface area contributed by atoms with Crippen molar-refractivity contribution >= 4 is 5.82 Å². The summed E-state index contributed by atoms with van der Waals surface area (Å²) in [6, 6.07) is 10.5. The Balaban J connectivity index is 1.58. The summed E-state index contributed by atoms with van der Waals surface area (Å²) < 4.78 is 5.75. The summed E-state index contributed by atoms with van der Waals surface area (Å²) in [5.74, 6) is 2.32. The lowest BCUT2D eigenvalue weighted by Crippen LogP contribution is -2.51. The number of hydrogen-bond acceptors (Lipinski definition) is 6. The lowest BCUT2D eigenvalue weighted by Gasteiger charge is -2.39. The highest BCUT2D eigenvalue weighted by atomic mass is 16.5. The van der Waals surface area contributed by atoms with Gasteiger partial charge in [0.15, 0.2) is 0 Å². The third-order valence-electron chi connectivity index (χ3n) is 4.59. The molecule has 1 saturated heterocycles. The summed E-state index contributed by atoms with van der Waals surface area (Å²) in [6.45, 7) is 9.68. The maximum absolute atomic E-state index is 5.76. The Morgan fingerprint density at radius 3 is 2.80 bits per heavy atom. The zero-order valence-electron chi connectivity index (χ0n) is 15.1. The molecular formula is C19H27N5O. The number of piperazine rings is 1. The molecule has 134 valence electrons. The average Bonchev–Trinajstić information content (AvgIpc) is 2.59. The molecule has 0 aliphatic carbocycles. The van der Waals surface area contributed by atoms with Crippen LogP contribution in [0.2, 0.25) is 0 Å². The monoisotopic (exact) mass is 341 g/mol. The minimum atomic E-state index is 0.443. The van der Waals surface area contributed by atoms with E-state index in [9.17, 15) is 0 Å². The van der Waals surface area contributed by atoms with E-state index in [1.165, 1.54) is 5.56 Å². The topological polar surface area (TPSA) is 67.5 Å². The number of anilines is 1. The Hall–Kier alpha value is -2.18. The molecule has 0 saturated carbocycles. The number of ether oxygens (including phenoxy) is 1. The minimum absolute atomic E-state index is 0.443. The van der Waals surface area contributed by atoms with Crippen LogP contribution >= 0.6 is 0 Å². The summed E-state index contributed by atoms with van der Waals surface area (Å²) in [5.41, 5.74) is 7.01. The molecule has 0 spiro atoms. The van der Waals surface area contributed by atoms with Crippen molar-refractivity contribution in [2.45, 2.75) is 33.0 Å². The highest BCUT2D eigenvalue weighted by Crippen LogP contribution is 2.22. The first-order chi connectivity index (χ1) is 12.2. The van der Waals surface area contributed by atoms with Gasteiger partial charge in [-0.15, -0.1) is 0 Å². The van der Waals surface area contributed by atoms with Crippen LogP contribution in [-0.2, 0) is 13.1 Å². The molecule has 0 radical (unpaired) electrons. The Labute approximate surface area is 149 Å². The average molecular weight is 341 g/mol. The van der Waals surface area contributed by atoms with E-state index in [0.29, 0.717) is 18.5 Å². The van der Waals surface area contributed by atoms with Crippen LogP contribution in [0, 0.1) is 0 Å². The molecule has 1 aliphatic rings. The fourth-order valence-corrected chi connectivity index (χ4v) is 3.29. The van der Waals surface area contributed by atoms with Gasteiger partial charge in [0, 0.05) is 44.0 Å². The van der Waals surface area contributed by atoms with Crippen LogP contribution in [0.4, 0.5) is 5.82 Å². The Morgan fingerprint density at radius 1 is 1.20 bits per heavy atom. The van der Waals surface area contributed by atoms with E-state index >= 15 is 0 Å². The molecule has 0 amide bonds. The van der Waals surface area contributed by atoms with E-state index in [4.69, 9.17) is 10.5 Å². The summed E-state index contributed by atoms with van der Waals surface area (Å²) in [6.07, 6.45) is 1.73. The smallest absolute Gasteiger partial charge is 0.144 e. The lowest BCUT2D eigenvalue weighted by atomic mass is 10.1. The number of benzene rings is 1. The van der Waals surface area contributed by atoms with Crippen LogP contribution in [0.15, 0.2) is 36.5 Å². The molecule has 25 heavy (non-hydrogen) atoms. The van der Waals surface area contributed by atoms with Crippen molar-refractivity contribution < 1.29 is 4.74 Å². The van der Waals surface area contributed by atoms with E-state index in [0.717, 1.165) is 44.3 Å². The normalized spacial score (nSPS) is 19.0. The van der Waals surface area contributed by atoms with Crippen LogP contribution in [0.3, 0.4) is 0 Å². The van der Waals surface area contributed by atoms with Gasteiger partial charge in [-0.25, -0.2) is 9.97 Å². The number of para-hydroxylation sites is 1. The molecule has 2 heterocycles. The number of nitrogen functional groups attached to an aromatic ring is 1. The predicted molar refractivity (Wildman–Crippen MR) is 99.2 cm³/mol. The molecule has 1 aromatic carbocycles. The zero-order chi connectivity index (χ0) is 17.6. The zero-order valence-corrected chi connectivity index (χ0v) is 15.1. The first-order valence-corrected chi connectivity index (χ1v) is 8.90. The second-order valence-electron chi connectivity index (χ2n) is 6.49. The molecule has 0 bridgehead atoms. The number of nitrogens with two attached hydrogens (primary N) is 1. The maximum atomic E-state index is 5.76. The van der Waals surface area contributed by atoms with Gasteiger partial charge in [-0.2, -0.15) is 0 Å². The van der Waals surface area contributed by atoms with Gasteiger partial charge in [0.1, 0.15) is 17.4 Å². The van der Waals surface area contributed by atoms with E-state index in [-0.39, 0.29) is 0 Å². The van der Waals surface area contributed by atoms with E-state index in [1.54, 1.807) is 12.3 Å². The molecule has 6 heteroatoms. The third kappa shape index (κ3) is 4.67. The van der Waals surface area contributed by atoms with Crippen molar-refractivity contribution in [2.75, 3.05) is 32.0 Å². The Morgan fingerprint density at radius 2 is 2.04 bits per heavy atom. The van der Waals surface area contributed by atoms with Crippen molar-refractivity contribution in [3.8, 4) is 5.75 Å². The van der Waals surface area contributed by atoms with Crippen LogP contribution in [0.5, 0.6) is 5.75 Å². The first-order valence-electron chi connectivity index (χ1n) is 8.90. The predicted octanol–water partition coefficient (Wildman–Crippen LogP) is 2.16. The van der Waals surface area contributed by atoms with Gasteiger partial charge >= 0.3 is 0 Å². The van der Waals surface area contributed by atoms with E-state index < -0.39 is 0 Å². The molecule has 1 aromatic heterocycles. The second-order valence-corrected chi connectivity index (χ2v) is 6.49. The molecule has 1 atom stereocenters. The quantitative estimate of drug-likeness (QED) is 0.868. The van der Waals surface area contributed by atoms with Crippen LogP contribution in [-0.4, -0.2) is 52.1 Å². The second kappa shape index (κ2) is 8.27. The van der Waals surface area contributed by atoms with Gasteiger partial charge in [0.2, 0.25) is 0 Å². The SMILES string of the molecule is CCOc1ccccc1CN1CCN(Cc2nccc(N)n2)C(C)C1. The van der Waals surface area contributed by atoms with Gasteiger partial charge in [-0.1, -0.05) is 18.2 Å². The molecule has 2 aromatic rings. The highest BCUT2D eigenvalue weighted by Gasteiger charge is 2.25. The van der Waals surface area contributed by atoms with Crippen molar-refractivity contribution in [1.82, 2.24) is 19.8 Å². The standard InChI is InChI=1S/C19H27N5O/c1-3-25-17-7-5-4-6-16(17)13-23-10-11-24(15(2)12-23)14-19-21-9-8-18(20)22-19/h4-9,15H,3,10-14H2,1-2H3,(H2,20,21,22). The highest BCUT2D eigenvalue weighted by molar-refractivity contribution is 5.33. The largest absolute Gasteiger partial charge is 0.494 e. The fourth-order valence-electron chi connectivity index (χ4n) is 3.29. The third-order valence-corrected chi connectivity index (χ3v) is 4.59. The molecule has 3 rings (SSSR count). The van der Waals surface area contributed by atoms with Gasteiger partial charge in [-0.3, -0.25) is 9.80 Å². The van der Waals surface area contributed by atoms with Crippen molar-refractivity contribution in [2.24, 2.45) is 0 Å². The lowest BCUT2D eigenvalue weighted by molar-refractivity contribution is 0.0708. The van der Waals surface area contributed by atoms with Crippen LogP contribution < -0.4 is 10.5 Å². The van der Waals surface area contributed by atoms with Crippen LogP contribution in [0.25, 0.3) is 0 Å². The van der Waals surface area contributed by atoms with Gasteiger partial charge in [0.05, 0.1) is 13.2 Å². The first kappa shape index (κ1) is 17.6. The molecule has 1 unspecified atom stereocenters.